The van der Waals surface area contributed by atoms with Crippen LogP contribution in [0, 0.1) is 0 Å². The maximum absolute atomic E-state index is 5.26. The van der Waals surface area contributed by atoms with Crippen LogP contribution in [0.25, 0.3) is 0 Å². The van der Waals surface area contributed by atoms with Gasteiger partial charge in [-0.05, 0) is 65.9 Å². The highest BCUT2D eigenvalue weighted by molar-refractivity contribution is 9.10. The van der Waals surface area contributed by atoms with E-state index in [-0.39, 0.29) is 0 Å². The van der Waals surface area contributed by atoms with E-state index in [2.05, 4.69) is 40.3 Å². The first-order valence-electron chi connectivity index (χ1n) is 6.26. The van der Waals surface area contributed by atoms with Crippen LogP contribution in [0.1, 0.15) is 31.7 Å². The summed E-state index contributed by atoms with van der Waals surface area (Å²) in [6, 6.07) is 6.38. The summed E-state index contributed by atoms with van der Waals surface area (Å²) in [5, 5.41) is 3.67. The molecule has 0 radical (unpaired) electrons. The van der Waals surface area contributed by atoms with Gasteiger partial charge in [-0.15, -0.1) is 0 Å². The Bertz CT molecular complexity index is 386. The number of rotatable bonds is 4. The molecule has 1 aromatic rings. The summed E-state index contributed by atoms with van der Waals surface area (Å²) in [7, 11) is 1.70. The summed E-state index contributed by atoms with van der Waals surface area (Å²) >= 11 is 3.55. The van der Waals surface area contributed by atoms with Crippen molar-refractivity contribution in [2.75, 3.05) is 13.7 Å². The Labute approximate surface area is 112 Å². The summed E-state index contributed by atoms with van der Waals surface area (Å²) < 4.78 is 6.30. The number of ether oxygens (including phenoxy) is 1. The molecule has 3 heteroatoms. The largest absolute Gasteiger partial charge is 0.496 e. The molecule has 1 heterocycles. The highest BCUT2D eigenvalue weighted by atomic mass is 79.9. The Kier molecular flexibility index (Phi) is 4.10. The van der Waals surface area contributed by atoms with Crippen LogP contribution in [0.3, 0.4) is 0 Å². The van der Waals surface area contributed by atoms with Crippen LogP contribution in [0.2, 0.25) is 0 Å². The molecule has 1 aromatic carbocycles. The summed E-state index contributed by atoms with van der Waals surface area (Å²) in [6.45, 7) is 3.43. The standard InChI is InChI=1S/C14H20BrNO/c1-3-14(7-4-8-16-14)10-11-5-6-13(17-2)12(15)9-11/h5-6,9,16H,3-4,7-8,10H2,1-2H3. The summed E-state index contributed by atoms with van der Waals surface area (Å²) in [5.74, 6) is 0.902. The van der Waals surface area contributed by atoms with Crippen LogP contribution in [-0.4, -0.2) is 19.2 Å². The molecule has 0 bridgehead atoms. The van der Waals surface area contributed by atoms with Crippen LogP contribution >= 0.6 is 15.9 Å². The van der Waals surface area contributed by atoms with Crippen molar-refractivity contribution in [3.63, 3.8) is 0 Å². The minimum absolute atomic E-state index is 0.314. The number of hydrogen-bond donors (Lipinski definition) is 1. The Balaban J connectivity index is 2.15. The second-order valence-corrected chi connectivity index (χ2v) is 5.66. The lowest BCUT2D eigenvalue weighted by Gasteiger charge is -2.28. The van der Waals surface area contributed by atoms with Gasteiger partial charge in [-0.25, -0.2) is 0 Å². The Morgan fingerprint density at radius 3 is 2.82 bits per heavy atom. The summed E-state index contributed by atoms with van der Waals surface area (Å²) in [5.41, 5.74) is 1.68. The van der Waals surface area contributed by atoms with Gasteiger partial charge in [0, 0.05) is 5.54 Å². The Hall–Kier alpha value is -0.540. The van der Waals surface area contributed by atoms with E-state index in [1.54, 1.807) is 7.11 Å². The van der Waals surface area contributed by atoms with Gasteiger partial charge in [-0.2, -0.15) is 0 Å². The number of halogens is 1. The van der Waals surface area contributed by atoms with Gasteiger partial charge in [0.15, 0.2) is 0 Å². The van der Waals surface area contributed by atoms with Crippen molar-refractivity contribution in [2.45, 2.75) is 38.1 Å². The second-order valence-electron chi connectivity index (χ2n) is 4.81. The van der Waals surface area contributed by atoms with Crippen molar-refractivity contribution in [1.82, 2.24) is 5.32 Å². The molecule has 1 aliphatic heterocycles. The predicted octanol–water partition coefficient (Wildman–Crippen LogP) is 3.53. The number of hydrogen-bond acceptors (Lipinski definition) is 2. The predicted molar refractivity (Wildman–Crippen MR) is 74.7 cm³/mol. The molecule has 0 aliphatic carbocycles. The van der Waals surface area contributed by atoms with E-state index >= 15 is 0 Å². The fourth-order valence-electron chi connectivity index (χ4n) is 2.66. The third kappa shape index (κ3) is 2.83. The molecule has 1 fully saturated rings. The molecule has 1 atom stereocenters. The zero-order chi connectivity index (χ0) is 12.3. The van der Waals surface area contributed by atoms with Crippen molar-refractivity contribution >= 4 is 15.9 Å². The van der Waals surface area contributed by atoms with Crippen molar-refractivity contribution in [3.8, 4) is 5.75 Å². The fraction of sp³-hybridized carbons (Fsp3) is 0.571. The first-order chi connectivity index (χ1) is 8.19. The van der Waals surface area contributed by atoms with E-state index in [1.807, 2.05) is 6.07 Å². The lowest BCUT2D eigenvalue weighted by molar-refractivity contribution is 0.359. The SMILES string of the molecule is CCC1(Cc2ccc(OC)c(Br)c2)CCCN1. The van der Waals surface area contributed by atoms with E-state index in [0.717, 1.165) is 23.2 Å². The monoisotopic (exact) mass is 297 g/mol. The average Bonchev–Trinajstić information content (AvgIpc) is 2.79. The zero-order valence-electron chi connectivity index (χ0n) is 10.6. The molecule has 94 valence electrons. The second kappa shape index (κ2) is 5.40. The van der Waals surface area contributed by atoms with Gasteiger partial charge in [-0.1, -0.05) is 13.0 Å². The molecular weight excluding hydrogens is 278 g/mol. The molecule has 1 saturated heterocycles. The van der Waals surface area contributed by atoms with Crippen LogP contribution in [0.4, 0.5) is 0 Å². The minimum Gasteiger partial charge on any atom is -0.496 e. The third-order valence-electron chi connectivity index (χ3n) is 3.77. The lowest BCUT2D eigenvalue weighted by Crippen LogP contribution is -2.41. The highest BCUT2D eigenvalue weighted by Gasteiger charge is 2.31. The van der Waals surface area contributed by atoms with Gasteiger partial charge in [0.2, 0.25) is 0 Å². The molecule has 2 nitrogen and oxygen atoms in total. The number of nitrogens with one attached hydrogen (secondary N) is 1. The molecular formula is C14H20BrNO. The van der Waals surface area contributed by atoms with Crippen molar-refractivity contribution < 1.29 is 4.74 Å². The van der Waals surface area contributed by atoms with E-state index in [0.29, 0.717) is 5.54 Å². The van der Waals surface area contributed by atoms with E-state index < -0.39 is 0 Å². The molecule has 1 aliphatic rings. The maximum atomic E-state index is 5.26. The first-order valence-corrected chi connectivity index (χ1v) is 7.06. The highest BCUT2D eigenvalue weighted by Crippen LogP contribution is 2.31. The molecule has 0 spiro atoms. The molecule has 1 unspecified atom stereocenters. The van der Waals surface area contributed by atoms with Gasteiger partial charge in [0.05, 0.1) is 11.6 Å². The van der Waals surface area contributed by atoms with E-state index in [4.69, 9.17) is 4.74 Å². The smallest absolute Gasteiger partial charge is 0.133 e. The fourth-order valence-corrected chi connectivity index (χ4v) is 3.25. The van der Waals surface area contributed by atoms with Gasteiger partial charge >= 0.3 is 0 Å². The van der Waals surface area contributed by atoms with Gasteiger partial charge < -0.3 is 10.1 Å². The van der Waals surface area contributed by atoms with E-state index in [9.17, 15) is 0 Å². The topological polar surface area (TPSA) is 21.3 Å². The lowest BCUT2D eigenvalue weighted by atomic mass is 9.87. The normalized spacial score (nSPS) is 23.9. The zero-order valence-corrected chi connectivity index (χ0v) is 12.1. The first kappa shape index (κ1) is 12.9. The summed E-state index contributed by atoms with van der Waals surface area (Å²) in [6.07, 6.45) is 4.88. The third-order valence-corrected chi connectivity index (χ3v) is 4.39. The van der Waals surface area contributed by atoms with E-state index in [1.165, 1.54) is 24.8 Å². The van der Waals surface area contributed by atoms with Gasteiger partial charge in [-0.3, -0.25) is 0 Å². The van der Waals surface area contributed by atoms with Gasteiger partial charge in [0.1, 0.15) is 5.75 Å². The van der Waals surface area contributed by atoms with Crippen LogP contribution in [-0.2, 0) is 6.42 Å². The van der Waals surface area contributed by atoms with Crippen molar-refractivity contribution in [1.29, 1.82) is 0 Å². The molecule has 1 N–H and O–H groups in total. The van der Waals surface area contributed by atoms with Crippen molar-refractivity contribution in [2.24, 2.45) is 0 Å². The Morgan fingerprint density at radius 2 is 2.29 bits per heavy atom. The molecule has 17 heavy (non-hydrogen) atoms. The van der Waals surface area contributed by atoms with Crippen molar-refractivity contribution in [3.05, 3.63) is 28.2 Å². The summed E-state index contributed by atoms with van der Waals surface area (Å²) in [4.78, 5) is 0. The van der Waals surface area contributed by atoms with Crippen LogP contribution < -0.4 is 10.1 Å². The van der Waals surface area contributed by atoms with Crippen LogP contribution in [0.5, 0.6) is 5.75 Å². The molecule has 0 saturated carbocycles. The number of benzene rings is 1. The number of methoxy groups -OCH3 is 1. The van der Waals surface area contributed by atoms with Crippen LogP contribution in [0.15, 0.2) is 22.7 Å². The molecule has 0 aromatic heterocycles. The average molecular weight is 298 g/mol. The molecule has 2 rings (SSSR count). The maximum Gasteiger partial charge on any atom is 0.133 e. The molecule has 0 amide bonds. The minimum atomic E-state index is 0.314. The van der Waals surface area contributed by atoms with Gasteiger partial charge in [0.25, 0.3) is 0 Å². The Morgan fingerprint density at radius 1 is 1.47 bits per heavy atom. The quantitative estimate of drug-likeness (QED) is 0.918.